The van der Waals surface area contributed by atoms with Crippen molar-refractivity contribution in [1.82, 2.24) is 9.62 Å². The normalized spacial score (nSPS) is 29.0. The summed E-state index contributed by atoms with van der Waals surface area (Å²) in [5, 5.41) is 14.1. The van der Waals surface area contributed by atoms with Gasteiger partial charge in [0.05, 0.1) is 29.1 Å². The molecule has 3 aliphatic rings. The van der Waals surface area contributed by atoms with E-state index >= 15 is 0 Å². The number of hydrogen-bond acceptors (Lipinski definition) is 6. The summed E-state index contributed by atoms with van der Waals surface area (Å²) in [6.45, 7) is 3.33. The predicted molar refractivity (Wildman–Crippen MR) is 89.6 cm³/mol. The molecule has 0 bridgehead atoms. The number of fused-ring (bicyclic) bond motifs is 2. The van der Waals surface area contributed by atoms with E-state index in [-0.39, 0.29) is 28.0 Å². The first-order valence-corrected chi connectivity index (χ1v) is 9.93. The Labute approximate surface area is 146 Å². The van der Waals surface area contributed by atoms with Gasteiger partial charge in [0.15, 0.2) is 0 Å². The highest BCUT2D eigenvalue weighted by Gasteiger charge is 2.58. The van der Waals surface area contributed by atoms with Crippen LogP contribution in [0.3, 0.4) is 0 Å². The molecule has 0 unspecified atom stereocenters. The van der Waals surface area contributed by atoms with E-state index in [4.69, 9.17) is 4.74 Å². The first-order chi connectivity index (χ1) is 11.9. The van der Waals surface area contributed by atoms with Gasteiger partial charge >= 0.3 is 0 Å². The number of rotatable bonds is 3. The number of nitrogens with one attached hydrogen (secondary N) is 1. The summed E-state index contributed by atoms with van der Waals surface area (Å²) < 4.78 is 33.6. The van der Waals surface area contributed by atoms with E-state index in [1.807, 2.05) is 0 Å². The fourth-order valence-corrected chi connectivity index (χ4v) is 6.29. The monoisotopic (exact) mass is 367 g/mol. The number of nitrogens with zero attached hydrogens (tertiary/aromatic N) is 2. The van der Waals surface area contributed by atoms with Gasteiger partial charge in [-0.15, -0.1) is 0 Å². The Bertz CT molecular complexity index is 773. The van der Waals surface area contributed by atoms with Crippen LogP contribution < -0.4 is 5.32 Å². The fourth-order valence-electron chi connectivity index (χ4n) is 4.55. The van der Waals surface area contributed by atoms with Crippen LogP contribution in [0.15, 0.2) is 29.2 Å². The maximum atomic E-state index is 13.2. The standard InChI is InChI=1S/C16H21N3O5S/c20-19(21)12-1-3-13(4-2-12)25(22,23)18-11-16(5-7-17-8-6-16)14-9-24-10-15(14)18/h1-4,14-15,17H,5-11H2/t14-,15+/m1/s1. The van der Waals surface area contributed by atoms with Gasteiger partial charge in [-0.3, -0.25) is 10.1 Å². The van der Waals surface area contributed by atoms with Gasteiger partial charge in [-0.25, -0.2) is 8.42 Å². The molecule has 0 amide bonds. The number of ether oxygens (including phenoxy) is 1. The van der Waals surface area contributed by atoms with Gasteiger partial charge in [0.2, 0.25) is 10.0 Å². The molecule has 25 heavy (non-hydrogen) atoms. The lowest BCUT2D eigenvalue weighted by atomic mass is 9.70. The number of non-ortho nitro benzene ring substituents is 1. The number of nitro benzene ring substituents is 1. The van der Waals surface area contributed by atoms with Crippen LogP contribution in [0.25, 0.3) is 0 Å². The zero-order valence-electron chi connectivity index (χ0n) is 13.8. The Kier molecular flexibility index (Phi) is 4.06. The molecule has 3 heterocycles. The van der Waals surface area contributed by atoms with Crippen LogP contribution in [-0.4, -0.2) is 56.5 Å². The smallest absolute Gasteiger partial charge is 0.269 e. The van der Waals surface area contributed by atoms with E-state index < -0.39 is 14.9 Å². The molecule has 1 spiro atoms. The highest BCUT2D eigenvalue weighted by molar-refractivity contribution is 7.89. The number of hydrogen-bond donors (Lipinski definition) is 1. The minimum absolute atomic E-state index is 0.0275. The first kappa shape index (κ1) is 16.9. The van der Waals surface area contributed by atoms with E-state index in [1.54, 1.807) is 4.31 Å². The quantitative estimate of drug-likeness (QED) is 0.631. The average molecular weight is 367 g/mol. The molecular formula is C16H21N3O5S. The molecule has 0 saturated carbocycles. The average Bonchev–Trinajstić information content (AvgIpc) is 3.20. The summed E-state index contributed by atoms with van der Waals surface area (Å²) in [4.78, 5) is 10.4. The summed E-state index contributed by atoms with van der Waals surface area (Å²) in [5.41, 5.74) is -0.141. The molecule has 0 radical (unpaired) electrons. The van der Waals surface area contributed by atoms with Crippen LogP contribution in [0, 0.1) is 21.4 Å². The Morgan fingerprint density at radius 2 is 1.88 bits per heavy atom. The molecule has 8 nitrogen and oxygen atoms in total. The number of sulfonamides is 1. The molecule has 0 aliphatic carbocycles. The zero-order valence-corrected chi connectivity index (χ0v) is 14.6. The Hall–Kier alpha value is -1.55. The predicted octanol–water partition coefficient (Wildman–Crippen LogP) is 0.984. The van der Waals surface area contributed by atoms with Gasteiger partial charge in [0, 0.05) is 24.6 Å². The molecule has 1 aromatic carbocycles. The van der Waals surface area contributed by atoms with Crippen molar-refractivity contribution in [2.24, 2.45) is 11.3 Å². The molecule has 1 N–H and O–H groups in total. The number of nitro groups is 1. The lowest BCUT2D eigenvalue weighted by Crippen LogP contribution is -2.43. The summed E-state index contributed by atoms with van der Waals surface area (Å²) in [7, 11) is -3.70. The van der Waals surface area contributed by atoms with Crippen LogP contribution >= 0.6 is 0 Å². The van der Waals surface area contributed by atoms with E-state index in [2.05, 4.69) is 5.32 Å². The molecular weight excluding hydrogens is 346 g/mol. The Balaban J connectivity index is 1.66. The third kappa shape index (κ3) is 2.66. The summed E-state index contributed by atoms with van der Waals surface area (Å²) in [6, 6.07) is 4.99. The van der Waals surface area contributed by atoms with E-state index in [0.29, 0.717) is 19.8 Å². The molecule has 0 aromatic heterocycles. The van der Waals surface area contributed by atoms with E-state index in [1.165, 1.54) is 24.3 Å². The van der Waals surface area contributed by atoms with Gasteiger partial charge < -0.3 is 10.1 Å². The second-order valence-electron chi connectivity index (χ2n) is 7.12. The molecule has 136 valence electrons. The zero-order chi connectivity index (χ0) is 17.7. The maximum absolute atomic E-state index is 13.2. The van der Waals surface area contributed by atoms with Crippen molar-refractivity contribution < 1.29 is 18.1 Å². The second-order valence-corrected chi connectivity index (χ2v) is 9.02. The third-order valence-electron chi connectivity index (χ3n) is 5.93. The van der Waals surface area contributed by atoms with Crippen molar-refractivity contribution in [2.45, 2.75) is 23.8 Å². The Morgan fingerprint density at radius 3 is 2.52 bits per heavy atom. The van der Waals surface area contributed by atoms with Crippen molar-refractivity contribution in [1.29, 1.82) is 0 Å². The van der Waals surface area contributed by atoms with Crippen molar-refractivity contribution in [3.05, 3.63) is 34.4 Å². The minimum atomic E-state index is -3.70. The molecule has 3 aliphatic heterocycles. The summed E-state index contributed by atoms with van der Waals surface area (Å²) in [5.74, 6) is 0.224. The first-order valence-electron chi connectivity index (χ1n) is 8.49. The third-order valence-corrected chi connectivity index (χ3v) is 7.82. The van der Waals surface area contributed by atoms with Crippen LogP contribution in [-0.2, 0) is 14.8 Å². The van der Waals surface area contributed by atoms with Crippen LogP contribution in [0.1, 0.15) is 12.8 Å². The van der Waals surface area contributed by atoms with Crippen LogP contribution in [0.5, 0.6) is 0 Å². The van der Waals surface area contributed by atoms with Gasteiger partial charge in [-0.1, -0.05) is 0 Å². The van der Waals surface area contributed by atoms with Crippen molar-refractivity contribution in [2.75, 3.05) is 32.8 Å². The summed E-state index contributed by atoms with van der Waals surface area (Å²) in [6.07, 6.45) is 1.90. The Morgan fingerprint density at radius 1 is 1.20 bits per heavy atom. The van der Waals surface area contributed by atoms with Gasteiger partial charge in [-0.2, -0.15) is 4.31 Å². The lowest BCUT2D eigenvalue weighted by molar-refractivity contribution is -0.384. The molecule has 1 aromatic rings. The molecule has 2 atom stereocenters. The molecule has 4 rings (SSSR count). The van der Waals surface area contributed by atoms with E-state index in [0.717, 1.165) is 25.9 Å². The molecule has 3 saturated heterocycles. The minimum Gasteiger partial charge on any atom is -0.379 e. The van der Waals surface area contributed by atoms with Crippen molar-refractivity contribution in [3.8, 4) is 0 Å². The number of benzene rings is 1. The lowest BCUT2D eigenvalue weighted by Gasteiger charge is -2.37. The van der Waals surface area contributed by atoms with Gasteiger partial charge in [0.1, 0.15) is 0 Å². The van der Waals surface area contributed by atoms with Crippen LogP contribution in [0.2, 0.25) is 0 Å². The number of piperidine rings is 1. The van der Waals surface area contributed by atoms with E-state index in [9.17, 15) is 18.5 Å². The molecule has 9 heteroatoms. The summed E-state index contributed by atoms with van der Waals surface area (Å²) >= 11 is 0. The second kappa shape index (κ2) is 6.01. The van der Waals surface area contributed by atoms with Crippen LogP contribution in [0.4, 0.5) is 5.69 Å². The fraction of sp³-hybridized carbons (Fsp3) is 0.625. The van der Waals surface area contributed by atoms with Crippen molar-refractivity contribution in [3.63, 3.8) is 0 Å². The van der Waals surface area contributed by atoms with Crippen molar-refractivity contribution >= 4 is 15.7 Å². The maximum Gasteiger partial charge on any atom is 0.269 e. The highest BCUT2D eigenvalue weighted by Crippen LogP contribution is 2.50. The molecule has 3 fully saturated rings. The topological polar surface area (TPSA) is 102 Å². The van der Waals surface area contributed by atoms with Gasteiger partial charge in [-0.05, 0) is 43.5 Å². The highest BCUT2D eigenvalue weighted by atomic mass is 32.2. The largest absolute Gasteiger partial charge is 0.379 e. The van der Waals surface area contributed by atoms with Gasteiger partial charge in [0.25, 0.3) is 5.69 Å². The SMILES string of the molecule is O=[N+]([O-])c1ccc(S(=O)(=O)N2CC3(CCNCC3)[C@@H]3COC[C@@H]32)cc1.